The van der Waals surface area contributed by atoms with Crippen molar-refractivity contribution in [2.24, 2.45) is 5.73 Å². The van der Waals surface area contributed by atoms with E-state index < -0.39 is 5.97 Å². The number of hydrogen-bond acceptors (Lipinski definition) is 5. The zero-order chi connectivity index (χ0) is 9.23. The van der Waals surface area contributed by atoms with Crippen molar-refractivity contribution in [2.75, 3.05) is 18.2 Å². The molecule has 0 amide bonds. The largest absolute Gasteiger partial charge is 0.481 e. The van der Waals surface area contributed by atoms with Gasteiger partial charge in [0.1, 0.15) is 5.75 Å². The van der Waals surface area contributed by atoms with Gasteiger partial charge in [-0.25, -0.2) is 0 Å². The molecule has 0 bridgehead atoms. The maximum atomic E-state index is 10.1. The Morgan fingerprint density at radius 1 is 1.58 bits per heavy atom. The highest BCUT2D eigenvalue weighted by Crippen LogP contribution is 2.21. The van der Waals surface area contributed by atoms with E-state index in [0.717, 1.165) is 12.1 Å². The van der Waals surface area contributed by atoms with Crippen molar-refractivity contribution in [3.8, 4) is 0 Å². The number of hydrogen-bond donors (Lipinski definition) is 2. The molecule has 0 aromatic heterocycles. The minimum absolute atomic E-state index is 0.155. The lowest BCUT2D eigenvalue weighted by Crippen LogP contribution is -2.08. The lowest BCUT2D eigenvalue weighted by molar-refractivity contribution is -0.133. The highest BCUT2D eigenvalue weighted by atomic mass is 33.1. The smallest absolute Gasteiger partial charge is 0.314 e. The first-order chi connectivity index (χ1) is 5.77. The monoisotopic (exact) mass is 209 g/mol. The molecule has 0 rings (SSSR count). The predicted octanol–water partition coefficient (Wildman–Crippen LogP) is 0.155. The van der Waals surface area contributed by atoms with Gasteiger partial charge >= 0.3 is 5.97 Å². The van der Waals surface area contributed by atoms with Gasteiger partial charge in [-0.15, -0.1) is 0 Å². The van der Waals surface area contributed by atoms with Gasteiger partial charge in [0.25, 0.3) is 7.48 Å². The maximum Gasteiger partial charge on any atom is 0.314 e. The molecule has 0 fully saturated rings. The third-order valence-corrected chi connectivity index (χ3v) is 3.24. The summed E-state index contributed by atoms with van der Waals surface area (Å²) in [6.07, 6.45) is 0.911. The van der Waals surface area contributed by atoms with Gasteiger partial charge in [0.05, 0.1) is 6.73 Å². The first kappa shape index (κ1) is 12.2. The second kappa shape index (κ2) is 9.24. The summed E-state index contributed by atoms with van der Waals surface area (Å²) >= 11 is 0. The van der Waals surface area contributed by atoms with E-state index in [2.05, 4.69) is 0 Å². The summed E-state index contributed by atoms with van der Waals surface area (Å²) in [4.78, 5) is 10.1. The molecule has 70 valence electrons. The molecule has 0 aliphatic rings. The lowest BCUT2D eigenvalue weighted by atomic mass is 9.98. The van der Waals surface area contributed by atoms with Crippen LogP contribution in [0.2, 0.25) is 6.32 Å². The van der Waals surface area contributed by atoms with E-state index in [4.69, 9.17) is 15.5 Å². The molecule has 0 aliphatic heterocycles. The van der Waals surface area contributed by atoms with Gasteiger partial charge in [0.2, 0.25) is 0 Å². The van der Waals surface area contributed by atoms with E-state index in [9.17, 15) is 4.79 Å². The number of rotatable bonds is 8. The highest BCUT2D eigenvalue weighted by molar-refractivity contribution is 8.76. The second-order valence-electron chi connectivity index (χ2n) is 1.91. The average molecular weight is 209 g/mol. The minimum Gasteiger partial charge on any atom is -0.481 e. The Kier molecular flexibility index (Phi) is 9.36. The normalized spacial score (nSPS) is 9.75. The van der Waals surface area contributed by atoms with Gasteiger partial charge in [0, 0.05) is 0 Å². The summed E-state index contributed by atoms with van der Waals surface area (Å²) in [6, 6.07) is 0. The van der Waals surface area contributed by atoms with Crippen LogP contribution in [0.4, 0.5) is 0 Å². The third kappa shape index (κ3) is 10.2. The van der Waals surface area contributed by atoms with Crippen LogP contribution in [0.3, 0.4) is 0 Å². The van der Waals surface area contributed by atoms with Crippen LogP contribution in [-0.2, 0) is 9.45 Å². The van der Waals surface area contributed by atoms with Crippen molar-refractivity contribution in [1.82, 2.24) is 0 Å². The van der Waals surface area contributed by atoms with Crippen LogP contribution in [0.15, 0.2) is 0 Å². The quantitative estimate of drug-likeness (QED) is 0.256. The van der Waals surface area contributed by atoms with Gasteiger partial charge in [-0.3, -0.25) is 4.79 Å². The Morgan fingerprint density at radius 3 is 2.92 bits per heavy atom. The molecule has 7 heteroatoms. The minimum atomic E-state index is -0.772. The molecule has 0 unspecified atom stereocenters. The molecular formula is C5H12BNO3S2. The second-order valence-corrected chi connectivity index (χ2v) is 4.49. The molecule has 0 saturated heterocycles. The maximum absolute atomic E-state index is 10.1. The molecule has 0 heterocycles. The number of carbonyl (C=O) groups is 1. The number of nitrogens with two attached hydrogens (primary N) is 1. The lowest BCUT2D eigenvalue weighted by Gasteiger charge is -1.98. The van der Waals surface area contributed by atoms with Crippen molar-refractivity contribution in [3.05, 3.63) is 0 Å². The van der Waals surface area contributed by atoms with Gasteiger partial charge in [-0.1, -0.05) is 21.6 Å². The first-order valence-electron chi connectivity index (χ1n) is 3.51. The molecule has 0 aliphatic carbocycles. The fraction of sp³-hybridized carbons (Fsp3) is 0.800. The summed E-state index contributed by atoms with van der Waals surface area (Å²) in [6.45, 7) is 0.257. The van der Waals surface area contributed by atoms with Crippen LogP contribution in [0.1, 0.15) is 0 Å². The summed E-state index contributed by atoms with van der Waals surface area (Å²) in [5, 5.41) is 8.28. The summed E-state index contributed by atoms with van der Waals surface area (Å²) in [7, 11) is 3.55. The van der Waals surface area contributed by atoms with Gasteiger partial charge in [-0.2, -0.15) is 0 Å². The van der Waals surface area contributed by atoms with Crippen LogP contribution < -0.4 is 5.73 Å². The molecule has 0 radical (unpaired) electrons. The Balaban J connectivity index is 2.86. The molecule has 0 atom stereocenters. The van der Waals surface area contributed by atoms with E-state index in [0.29, 0.717) is 7.48 Å². The molecular weight excluding hydrogens is 197 g/mol. The molecule has 3 N–H and O–H groups in total. The van der Waals surface area contributed by atoms with Crippen LogP contribution in [0.25, 0.3) is 0 Å². The summed E-state index contributed by atoms with van der Waals surface area (Å²) in [5.41, 5.74) is 5.10. The Labute approximate surface area is 80.3 Å². The molecule has 0 saturated carbocycles. The van der Waals surface area contributed by atoms with Crippen LogP contribution in [0.5, 0.6) is 0 Å². The number of carboxylic acids is 1. The average Bonchev–Trinajstić information content (AvgIpc) is 2.02. The summed E-state index contributed by atoms with van der Waals surface area (Å²) in [5.74, 6) is 0.283. The fourth-order valence-corrected chi connectivity index (χ4v) is 2.25. The topological polar surface area (TPSA) is 72.5 Å². The van der Waals surface area contributed by atoms with Crippen LogP contribution in [-0.4, -0.2) is 36.8 Å². The van der Waals surface area contributed by atoms with Crippen molar-refractivity contribution in [3.63, 3.8) is 0 Å². The molecule has 4 nitrogen and oxygen atoms in total. The molecule has 0 aromatic rings. The van der Waals surface area contributed by atoms with E-state index in [1.165, 1.54) is 10.8 Å². The van der Waals surface area contributed by atoms with Crippen LogP contribution in [0, 0.1) is 0 Å². The van der Waals surface area contributed by atoms with Gasteiger partial charge < -0.3 is 15.5 Å². The van der Waals surface area contributed by atoms with Crippen molar-refractivity contribution < 1.29 is 14.6 Å². The van der Waals surface area contributed by atoms with Crippen molar-refractivity contribution in [2.45, 2.75) is 6.32 Å². The van der Waals surface area contributed by atoms with Gasteiger partial charge in [-0.05, 0) is 12.1 Å². The SMILES string of the molecule is NCOBCCSSCC(=O)O. The third-order valence-electron chi connectivity index (χ3n) is 0.900. The highest BCUT2D eigenvalue weighted by Gasteiger charge is 1.97. The van der Waals surface area contributed by atoms with E-state index in [1.54, 1.807) is 10.8 Å². The number of aliphatic carboxylic acids is 1. The molecule has 0 spiro atoms. The van der Waals surface area contributed by atoms with E-state index in [-0.39, 0.29) is 12.5 Å². The Morgan fingerprint density at radius 2 is 2.33 bits per heavy atom. The van der Waals surface area contributed by atoms with Crippen molar-refractivity contribution in [1.29, 1.82) is 0 Å². The first-order valence-corrected chi connectivity index (χ1v) is 6.00. The van der Waals surface area contributed by atoms with E-state index in [1.807, 2.05) is 0 Å². The van der Waals surface area contributed by atoms with E-state index >= 15 is 0 Å². The summed E-state index contributed by atoms with van der Waals surface area (Å²) < 4.78 is 4.90. The predicted molar refractivity (Wildman–Crippen MR) is 54.6 cm³/mol. The standard InChI is InChI=1S/C5H12BNO3S2/c7-4-10-6-1-2-11-12-3-5(8)9/h6H,1-4,7H2,(H,8,9). The van der Waals surface area contributed by atoms with Gasteiger partial charge in [0.15, 0.2) is 0 Å². The molecule has 12 heavy (non-hydrogen) atoms. The zero-order valence-corrected chi connectivity index (χ0v) is 8.33. The van der Waals surface area contributed by atoms with Crippen LogP contribution >= 0.6 is 21.6 Å². The molecule has 0 aromatic carbocycles. The Hall–Kier alpha value is 0.155. The van der Waals surface area contributed by atoms with Crippen molar-refractivity contribution >= 4 is 35.0 Å². The zero-order valence-electron chi connectivity index (χ0n) is 6.69. The number of carboxylic acid groups (broad SMARTS) is 1. The fourth-order valence-electron chi connectivity index (χ4n) is 0.454. The Bertz CT molecular complexity index is 127.